The summed E-state index contributed by atoms with van der Waals surface area (Å²) in [6.45, 7) is 6.14. The molecule has 0 radical (unpaired) electrons. The van der Waals surface area contributed by atoms with Crippen molar-refractivity contribution in [2.24, 2.45) is 0 Å². The first kappa shape index (κ1) is 26.0. The van der Waals surface area contributed by atoms with Gasteiger partial charge in [0, 0.05) is 18.3 Å². The quantitative estimate of drug-likeness (QED) is 0.205. The zero-order valence-corrected chi connectivity index (χ0v) is 20.1. The van der Waals surface area contributed by atoms with Crippen molar-refractivity contribution in [2.75, 3.05) is 24.3 Å². The van der Waals surface area contributed by atoms with Gasteiger partial charge < -0.3 is 9.88 Å². The standard InChI is InChI=1S/C25H44NO2P/c1-4-6-7-8-9-10-11-12-13-14-15-16-25(27)26-24-19-17-23(18-20-24)21-22-29(3,28)5-2/h17-20H,4-16,21-22H2,1-3H3,(H,26,27). The van der Waals surface area contributed by atoms with E-state index in [-0.39, 0.29) is 5.91 Å². The van der Waals surface area contributed by atoms with E-state index in [9.17, 15) is 9.36 Å². The van der Waals surface area contributed by atoms with E-state index < -0.39 is 7.14 Å². The molecule has 1 unspecified atom stereocenters. The highest BCUT2D eigenvalue weighted by Gasteiger charge is 2.11. The van der Waals surface area contributed by atoms with Crippen molar-refractivity contribution < 1.29 is 9.36 Å². The van der Waals surface area contributed by atoms with Gasteiger partial charge in [0.05, 0.1) is 7.14 Å². The molecule has 0 heterocycles. The van der Waals surface area contributed by atoms with E-state index >= 15 is 0 Å². The van der Waals surface area contributed by atoms with Crippen LogP contribution in [0.3, 0.4) is 0 Å². The van der Waals surface area contributed by atoms with E-state index in [1.54, 1.807) is 0 Å². The highest BCUT2D eigenvalue weighted by Crippen LogP contribution is 2.40. The van der Waals surface area contributed by atoms with E-state index in [1.807, 2.05) is 37.9 Å². The Kier molecular flexibility index (Phi) is 14.1. The van der Waals surface area contributed by atoms with Crippen LogP contribution in [-0.4, -0.2) is 24.9 Å². The number of hydrogen-bond donors (Lipinski definition) is 1. The molecule has 0 saturated heterocycles. The number of aryl methyl sites for hydroxylation is 1. The summed E-state index contributed by atoms with van der Waals surface area (Å²) in [6, 6.07) is 7.99. The maximum absolute atomic E-state index is 12.2. The normalized spacial score (nSPS) is 13.2. The smallest absolute Gasteiger partial charge is 0.224 e. The van der Waals surface area contributed by atoms with Gasteiger partial charge in [-0.1, -0.05) is 90.2 Å². The zero-order chi connectivity index (χ0) is 21.4. The molecule has 1 aromatic rings. The first-order valence-corrected chi connectivity index (χ1v) is 14.4. The molecule has 0 spiro atoms. The Labute approximate surface area is 179 Å². The van der Waals surface area contributed by atoms with Crippen LogP contribution in [0.15, 0.2) is 24.3 Å². The summed E-state index contributed by atoms with van der Waals surface area (Å²) in [5.74, 6) is 0.109. The summed E-state index contributed by atoms with van der Waals surface area (Å²) in [5.41, 5.74) is 2.04. The molecule has 0 aliphatic rings. The molecule has 0 bridgehead atoms. The molecule has 166 valence electrons. The third kappa shape index (κ3) is 13.7. The van der Waals surface area contributed by atoms with Gasteiger partial charge in [-0.05, 0) is 43.4 Å². The SMILES string of the molecule is CCCCCCCCCCCCCC(=O)Nc1ccc(CCP(C)(=O)CC)cc1. The lowest BCUT2D eigenvalue weighted by molar-refractivity contribution is -0.116. The van der Waals surface area contributed by atoms with Gasteiger partial charge in [-0.25, -0.2) is 0 Å². The molecule has 1 rings (SSSR count). The van der Waals surface area contributed by atoms with E-state index in [0.29, 0.717) is 6.42 Å². The van der Waals surface area contributed by atoms with E-state index in [2.05, 4.69) is 12.2 Å². The predicted octanol–water partition coefficient (Wildman–Crippen LogP) is 7.88. The fraction of sp³-hybridized carbons (Fsp3) is 0.720. The van der Waals surface area contributed by atoms with Crippen LogP contribution in [0.1, 0.15) is 96.5 Å². The molecule has 0 saturated carbocycles. The number of carbonyl (C=O) groups is 1. The number of unbranched alkanes of at least 4 members (excludes halogenated alkanes) is 10. The van der Waals surface area contributed by atoms with Crippen LogP contribution in [0.2, 0.25) is 0 Å². The summed E-state index contributed by atoms with van der Waals surface area (Å²) >= 11 is 0. The van der Waals surface area contributed by atoms with Gasteiger partial charge >= 0.3 is 0 Å². The number of benzene rings is 1. The van der Waals surface area contributed by atoms with Gasteiger partial charge in [0.2, 0.25) is 5.91 Å². The third-order valence-electron chi connectivity index (χ3n) is 5.79. The minimum absolute atomic E-state index is 0.109. The Hall–Kier alpha value is -1.08. The van der Waals surface area contributed by atoms with Crippen LogP contribution in [-0.2, 0) is 15.8 Å². The van der Waals surface area contributed by atoms with Crippen LogP contribution >= 0.6 is 7.14 Å². The second-order valence-corrected chi connectivity index (χ2v) is 12.3. The first-order chi connectivity index (χ1) is 14.0. The molecule has 1 aromatic carbocycles. The number of amides is 1. The molecule has 0 aromatic heterocycles. The lowest BCUT2D eigenvalue weighted by Gasteiger charge is -2.10. The van der Waals surface area contributed by atoms with Crippen LogP contribution in [0, 0.1) is 0 Å². The molecule has 1 N–H and O–H groups in total. The van der Waals surface area contributed by atoms with Gasteiger partial charge in [-0.15, -0.1) is 0 Å². The number of rotatable bonds is 17. The number of hydrogen-bond acceptors (Lipinski definition) is 2. The van der Waals surface area contributed by atoms with Crippen LogP contribution in [0.25, 0.3) is 0 Å². The molecule has 0 aliphatic heterocycles. The van der Waals surface area contributed by atoms with E-state index in [1.165, 1.54) is 63.4 Å². The Morgan fingerprint density at radius 3 is 1.86 bits per heavy atom. The van der Waals surface area contributed by atoms with Crippen molar-refractivity contribution in [1.82, 2.24) is 0 Å². The van der Waals surface area contributed by atoms with Crippen molar-refractivity contribution >= 4 is 18.7 Å². The molecule has 3 nitrogen and oxygen atoms in total. The summed E-state index contributed by atoms with van der Waals surface area (Å²) < 4.78 is 12.2. The molecule has 29 heavy (non-hydrogen) atoms. The number of nitrogens with one attached hydrogen (secondary N) is 1. The maximum Gasteiger partial charge on any atom is 0.224 e. The molecular weight excluding hydrogens is 377 g/mol. The van der Waals surface area contributed by atoms with Gasteiger partial charge in [0.1, 0.15) is 0 Å². The molecule has 4 heteroatoms. The van der Waals surface area contributed by atoms with Crippen molar-refractivity contribution in [3.63, 3.8) is 0 Å². The third-order valence-corrected chi connectivity index (χ3v) is 8.29. The molecule has 0 fully saturated rings. The monoisotopic (exact) mass is 421 g/mol. The molecule has 1 atom stereocenters. The second kappa shape index (κ2) is 15.7. The van der Waals surface area contributed by atoms with Crippen LogP contribution in [0.4, 0.5) is 5.69 Å². The van der Waals surface area contributed by atoms with Gasteiger partial charge in [0.15, 0.2) is 0 Å². The van der Waals surface area contributed by atoms with Gasteiger partial charge in [-0.2, -0.15) is 0 Å². The topological polar surface area (TPSA) is 46.2 Å². The number of anilines is 1. The average molecular weight is 422 g/mol. The highest BCUT2D eigenvalue weighted by molar-refractivity contribution is 7.63. The summed E-state index contributed by atoms with van der Waals surface area (Å²) in [4.78, 5) is 12.1. The summed E-state index contributed by atoms with van der Waals surface area (Å²) in [5, 5.41) is 2.99. The highest BCUT2D eigenvalue weighted by atomic mass is 31.2. The van der Waals surface area contributed by atoms with Crippen LogP contribution < -0.4 is 5.32 Å². The Balaban J connectivity index is 2.08. The molecular formula is C25H44NO2P. The molecule has 1 amide bonds. The largest absolute Gasteiger partial charge is 0.326 e. The Bertz CT molecular complexity index is 597. The predicted molar refractivity (Wildman–Crippen MR) is 129 cm³/mol. The number of carbonyl (C=O) groups excluding carboxylic acids is 1. The van der Waals surface area contributed by atoms with E-state index in [0.717, 1.165) is 37.3 Å². The van der Waals surface area contributed by atoms with E-state index in [4.69, 9.17) is 0 Å². The summed E-state index contributed by atoms with van der Waals surface area (Å²) in [6.07, 6.45) is 17.2. The fourth-order valence-corrected chi connectivity index (χ4v) is 4.50. The minimum Gasteiger partial charge on any atom is -0.326 e. The van der Waals surface area contributed by atoms with Gasteiger partial charge in [-0.3, -0.25) is 4.79 Å². The lowest BCUT2D eigenvalue weighted by Crippen LogP contribution is -2.11. The molecule has 0 aliphatic carbocycles. The second-order valence-electron chi connectivity index (χ2n) is 8.62. The van der Waals surface area contributed by atoms with Crippen molar-refractivity contribution in [1.29, 1.82) is 0 Å². The maximum atomic E-state index is 12.2. The zero-order valence-electron chi connectivity index (χ0n) is 19.2. The Morgan fingerprint density at radius 1 is 0.828 bits per heavy atom. The van der Waals surface area contributed by atoms with Crippen molar-refractivity contribution in [3.05, 3.63) is 29.8 Å². The minimum atomic E-state index is -1.97. The average Bonchev–Trinajstić information content (AvgIpc) is 2.71. The van der Waals surface area contributed by atoms with Gasteiger partial charge in [0.25, 0.3) is 0 Å². The van der Waals surface area contributed by atoms with Crippen LogP contribution in [0.5, 0.6) is 0 Å². The first-order valence-electron chi connectivity index (χ1n) is 11.9. The summed E-state index contributed by atoms with van der Waals surface area (Å²) in [7, 11) is -1.97. The van der Waals surface area contributed by atoms with Crippen molar-refractivity contribution in [3.8, 4) is 0 Å². The fourth-order valence-electron chi connectivity index (χ4n) is 3.45. The lowest BCUT2D eigenvalue weighted by atomic mass is 10.1. The Morgan fingerprint density at radius 2 is 1.34 bits per heavy atom. The van der Waals surface area contributed by atoms with Crippen molar-refractivity contribution in [2.45, 2.75) is 97.3 Å².